The summed E-state index contributed by atoms with van der Waals surface area (Å²) in [4.78, 5) is 29.8. The molecule has 1 heterocycles. The van der Waals surface area contributed by atoms with Crippen LogP contribution in [0.25, 0.3) is 10.6 Å². The van der Waals surface area contributed by atoms with Crippen molar-refractivity contribution in [3.63, 3.8) is 0 Å². The number of rotatable bonds is 6. The van der Waals surface area contributed by atoms with Gasteiger partial charge < -0.3 is 10.6 Å². The highest BCUT2D eigenvalue weighted by atomic mass is 32.1. The summed E-state index contributed by atoms with van der Waals surface area (Å²) in [5.74, 6) is -0.438. The summed E-state index contributed by atoms with van der Waals surface area (Å²) in [6.07, 6.45) is 0.847. The molecule has 2 unspecified atom stereocenters. The molecule has 2 aromatic rings. The number of nitrogens with zero attached hydrogens (tertiary/aromatic N) is 1. The van der Waals surface area contributed by atoms with Crippen LogP contribution in [0.5, 0.6) is 0 Å². The van der Waals surface area contributed by atoms with Crippen molar-refractivity contribution >= 4 is 23.2 Å². The molecule has 2 rings (SSSR count). The number of hydrogen-bond donors (Lipinski definition) is 2. The van der Waals surface area contributed by atoms with Gasteiger partial charge in [0.15, 0.2) is 0 Å². The van der Waals surface area contributed by atoms with E-state index in [1.165, 1.54) is 16.9 Å². The van der Waals surface area contributed by atoms with Crippen LogP contribution in [0.4, 0.5) is 0 Å². The van der Waals surface area contributed by atoms with Gasteiger partial charge in [0.05, 0.1) is 5.69 Å². The minimum Gasteiger partial charge on any atom is -0.352 e. The Morgan fingerprint density at radius 1 is 1.15 bits per heavy atom. The highest BCUT2D eigenvalue weighted by Gasteiger charge is 2.22. The lowest BCUT2D eigenvalue weighted by molar-refractivity contribution is -0.123. The SMILES string of the molecule is CCC(C)NC(=O)C(C)NC(=O)c1sc(-c2ccc(C)cc2C)nc1C. The lowest BCUT2D eigenvalue weighted by Crippen LogP contribution is -2.47. The third-order valence-corrected chi connectivity index (χ3v) is 5.55. The summed E-state index contributed by atoms with van der Waals surface area (Å²) < 4.78 is 0. The maximum atomic E-state index is 12.6. The lowest BCUT2D eigenvalue weighted by atomic mass is 10.1. The average Bonchev–Trinajstić information content (AvgIpc) is 2.96. The molecule has 0 aliphatic rings. The summed E-state index contributed by atoms with van der Waals surface area (Å²) in [6, 6.07) is 5.67. The summed E-state index contributed by atoms with van der Waals surface area (Å²) in [7, 11) is 0. The van der Waals surface area contributed by atoms with E-state index in [-0.39, 0.29) is 17.9 Å². The maximum Gasteiger partial charge on any atom is 0.263 e. The van der Waals surface area contributed by atoms with E-state index < -0.39 is 6.04 Å². The van der Waals surface area contributed by atoms with Gasteiger partial charge in [-0.25, -0.2) is 4.98 Å². The molecular formula is C20H27N3O2S. The first kappa shape index (κ1) is 20.1. The van der Waals surface area contributed by atoms with Crippen molar-refractivity contribution in [3.8, 4) is 10.6 Å². The number of hydrogen-bond acceptors (Lipinski definition) is 4. The number of aryl methyl sites for hydroxylation is 3. The summed E-state index contributed by atoms with van der Waals surface area (Å²) in [5.41, 5.74) is 4.04. The van der Waals surface area contributed by atoms with Crippen LogP contribution < -0.4 is 10.6 Å². The first-order valence-electron chi connectivity index (χ1n) is 8.89. The molecule has 0 aliphatic carbocycles. The first-order chi connectivity index (χ1) is 12.2. The van der Waals surface area contributed by atoms with Gasteiger partial charge in [0.2, 0.25) is 5.91 Å². The molecule has 2 amide bonds. The topological polar surface area (TPSA) is 71.1 Å². The Bertz CT molecular complexity index is 813. The van der Waals surface area contributed by atoms with E-state index in [9.17, 15) is 9.59 Å². The Labute approximate surface area is 159 Å². The molecule has 0 saturated carbocycles. The molecule has 140 valence electrons. The molecule has 1 aromatic heterocycles. The fourth-order valence-corrected chi connectivity index (χ4v) is 3.63. The van der Waals surface area contributed by atoms with Crippen LogP contribution in [-0.2, 0) is 4.79 Å². The van der Waals surface area contributed by atoms with E-state index in [1.807, 2.05) is 39.8 Å². The standard InChI is InChI=1S/C20H27N3O2S/c1-7-13(4)21-18(24)15(6)22-19(25)17-14(5)23-20(26-17)16-9-8-11(2)10-12(16)3/h8-10,13,15H,7H2,1-6H3,(H,21,24)(H,22,25). The quantitative estimate of drug-likeness (QED) is 0.810. The van der Waals surface area contributed by atoms with E-state index >= 15 is 0 Å². The minimum absolute atomic E-state index is 0.0862. The fourth-order valence-electron chi connectivity index (χ4n) is 2.57. The molecule has 0 radical (unpaired) electrons. The predicted octanol–water partition coefficient (Wildman–Crippen LogP) is 3.77. The Kier molecular flexibility index (Phi) is 6.53. The van der Waals surface area contributed by atoms with Gasteiger partial charge in [0.1, 0.15) is 15.9 Å². The van der Waals surface area contributed by atoms with Gasteiger partial charge in [0, 0.05) is 11.6 Å². The van der Waals surface area contributed by atoms with Crippen molar-refractivity contribution in [1.82, 2.24) is 15.6 Å². The molecular weight excluding hydrogens is 346 g/mol. The van der Waals surface area contributed by atoms with Gasteiger partial charge >= 0.3 is 0 Å². The number of amides is 2. The zero-order valence-electron chi connectivity index (χ0n) is 16.3. The number of thiazole rings is 1. The number of nitrogens with one attached hydrogen (secondary N) is 2. The van der Waals surface area contributed by atoms with Gasteiger partial charge in [-0.2, -0.15) is 0 Å². The molecule has 5 nitrogen and oxygen atoms in total. The highest BCUT2D eigenvalue weighted by molar-refractivity contribution is 7.17. The van der Waals surface area contributed by atoms with Gasteiger partial charge in [-0.15, -0.1) is 11.3 Å². The zero-order valence-corrected chi connectivity index (χ0v) is 17.1. The molecule has 0 spiro atoms. The van der Waals surface area contributed by atoms with Crippen molar-refractivity contribution < 1.29 is 9.59 Å². The second-order valence-electron chi connectivity index (χ2n) is 6.76. The molecule has 0 fully saturated rings. The number of carbonyl (C=O) groups is 2. The molecule has 2 N–H and O–H groups in total. The van der Waals surface area contributed by atoms with Gasteiger partial charge in [0.25, 0.3) is 5.91 Å². The van der Waals surface area contributed by atoms with Crippen LogP contribution in [0.1, 0.15) is 53.7 Å². The fraction of sp³-hybridized carbons (Fsp3) is 0.450. The molecule has 0 saturated heterocycles. The van der Waals surface area contributed by atoms with E-state index in [0.29, 0.717) is 10.6 Å². The Balaban J connectivity index is 2.15. The number of benzene rings is 1. The smallest absolute Gasteiger partial charge is 0.263 e. The molecule has 2 atom stereocenters. The van der Waals surface area contributed by atoms with Gasteiger partial charge in [-0.3, -0.25) is 9.59 Å². The third kappa shape index (κ3) is 4.69. The molecule has 0 bridgehead atoms. The molecule has 0 aliphatic heterocycles. The third-order valence-electron chi connectivity index (χ3n) is 4.36. The van der Waals surface area contributed by atoms with Gasteiger partial charge in [-0.05, 0) is 46.6 Å². The Morgan fingerprint density at radius 3 is 2.46 bits per heavy atom. The van der Waals surface area contributed by atoms with Crippen molar-refractivity contribution in [1.29, 1.82) is 0 Å². The average molecular weight is 374 g/mol. The predicted molar refractivity (Wildman–Crippen MR) is 107 cm³/mol. The lowest BCUT2D eigenvalue weighted by Gasteiger charge is -2.17. The largest absolute Gasteiger partial charge is 0.352 e. The van der Waals surface area contributed by atoms with Gasteiger partial charge in [-0.1, -0.05) is 30.7 Å². The second-order valence-corrected chi connectivity index (χ2v) is 7.76. The number of aromatic nitrogens is 1. The van der Waals surface area contributed by atoms with Crippen LogP contribution in [0.2, 0.25) is 0 Å². The number of carbonyl (C=O) groups excluding carboxylic acids is 2. The summed E-state index contributed by atoms with van der Waals surface area (Å²) >= 11 is 1.36. The van der Waals surface area contributed by atoms with Crippen LogP contribution in [0, 0.1) is 20.8 Å². The second kappa shape index (κ2) is 8.45. The zero-order chi connectivity index (χ0) is 19.4. The highest BCUT2D eigenvalue weighted by Crippen LogP contribution is 2.30. The Hall–Kier alpha value is -2.21. The minimum atomic E-state index is -0.595. The van der Waals surface area contributed by atoms with Crippen LogP contribution >= 0.6 is 11.3 Å². The molecule has 26 heavy (non-hydrogen) atoms. The summed E-state index contributed by atoms with van der Waals surface area (Å²) in [5, 5.41) is 6.47. The Morgan fingerprint density at radius 2 is 1.85 bits per heavy atom. The van der Waals surface area contributed by atoms with Crippen LogP contribution in [0.3, 0.4) is 0 Å². The van der Waals surface area contributed by atoms with Crippen molar-refractivity contribution in [2.24, 2.45) is 0 Å². The van der Waals surface area contributed by atoms with E-state index in [1.54, 1.807) is 6.92 Å². The van der Waals surface area contributed by atoms with Crippen LogP contribution in [0.15, 0.2) is 18.2 Å². The van der Waals surface area contributed by atoms with Crippen molar-refractivity contribution in [3.05, 3.63) is 39.9 Å². The monoisotopic (exact) mass is 373 g/mol. The first-order valence-corrected chi connectivity index (χ1v) is 9.70. The van der Waals surface area contributed by atoms with E-state index in [2.05, 4.69) is 28.6 Å². The van der Waals surface area contributed by atoms with Crippen molar-refractivity contribution in [2.75, 3.05) is 0 Å². The maximum absolute atomic E-state index is 12.6. The summed E-state index contributed by atoms with van der Waals surface area (Å²) in [6.45, 7) is 11.5. The van der Waals surface area contributed by atoms with Crippen molar-refractivity contribution in [2.45, 2.75) is 60.0 Å². The molecule has 1 aromatic carbocycles. The van der Waals surface area contributed by atoms with E-state index in [0.717, 1.165) is 22.6 Å². The molecule has 6 heteroatoms. The van der Waals surface area contributed by atoms with E-state index in [4.69, 9.17) is 0 Å². The van der Waals surface area contributed by atoms with Crippen LogP contribution in [-0.4, -0.2) is 28.9 Å². The normalized spacial score (nSPS) is 13.2.